The van der Waals surface area contributed by atoms with Crippen molar-refractivity contribution in [3.63, 3.8) is 0 Å². The Morgan fingerprint density at radius 1 is 1.39 bits per heavy atom. The minimum Gasteiger partial charge on any atom is -0.327 e. The van der Waals surface area contributed by atoms with E-state index in [4.69, 9.17) is 17.3 Å². The van der Waals surface area contributed by atoms with Gasteiger partial charge in [0.2, 0.25) is 0 Å². The Kier molecular flexibility index (Phi) is 4.69. The Balaban J connectivity index is 1.81. The fourth-order valence-electron chi connectivity index (χ4n) is 1.67. The molecule has 1 aromatic heterocycles. The normalized spacial score (nSPS) is 12.6. The molecular formula is C13H16ClN3S. The Bertz CT molecular complexity index is 495. The fourth-order valence-corrected chi connectivity index (χ4v) is 2.65. The number of benzene rings is 1. The van der Waals surface area contributed by atoms with E-state index in [0.717, 1.165) is 17.2 Å². The molecule has 1 unspecified atom stereocenters. The van der Waals surface area contributed by atoms with Crippen LogP contribution >= 0.6 is 23.4 Å². The first-order valence-corrected chi connectivity index (χ1v) is 7.11. The van der Waals surface area contributed by atoms with E-state index >= 15 is 0 Å². The summed E-state index contributed by atoms with van der Waals surface area (Å²) in [7, 11) is 1.91. The summed E-state index contributed by atoms with van der Waals surface area (Å²) in [5.41, 5.74) is 7.29. The van der Waals surface area contributed by atoms with Gasteiger partial charge >= 0.3 is 0 Å². The maximum atomic E-state index is 6.11. The first-order valence-electron chi connectivity index (χ1n) is 5.75. The number of rotatable bonds is 5. The largest absolute Gasteiger partial charge is 0.327 e. The lowest BCUT2D eigenvalue weighted by molar-refractivity contribution is 0.743. The molecule has 5 heteroatoms. The van der Waals surface area contributed by atoms with Gasteiger partial charge in [-0.3, -0.25) is 4.68 Å². The van der Waals surface area contributed by atoms with Crippen molar-refractivity contribution in [3.05, 3.63) is 47.2 Å². The van der Waals surface area contributed by atoms with Gasteiger partial charge in [0.05, 0.1) is 6.20 Å². The van der Waals surface area contributed by atoms with E-state index in [1.807, 2.05) is 43.7 Å². The summed E-state index contributed by atoms with van der Waals surface area (Å²) in [6.45, 7) is 0. The van der Waals surface area contributed by atoms with Gasteiger partial charge < -0.3 is 5.73 Å². The van der Waals surface area contributed by atoms with Crippen molar-refractivity contribution in [2.75, 3.05) is 5.75 Å². The molecule has 2 rings (SSSR count). The van der Waals surface area contributed by atoms with E-state index in [-0.39, 0.29) is 6.04 Å². The zero-order valence-electron chi connectivity index (χ0n) is 10.2. The van der Waals surface area contributed by atoms with Gasteiger partial charge in [-0.25, -0.2) is 0 Å². The Labute approximate surface area is 116 Å². The average Bonchev–Trinajstić information content (AvgIpc) is 2.74. The van der Waals surface area contributed by atoms with Crippen molar-refractivity contribution in [1.82, 2.24) is 9.78 Å². The van der Waals surface area contributed by atoms with E-state index in [2.05, 4.69) is 5.10 Å². The molecule has 18 heavy (non-hydrogen) atoms. The molecule has 0 aliphatic heterocycles. The van der Waals surface area contributed by atoms with Gasteiger partial charge in [0.25, 0.3) is 0 Å². The van der Waals surface area contributed by atoms with Gasteiger partial charge in [-0.05, 0) is 36.2 Å². The summed E-state index contributed by atoms with van der Waals surface area (Å²) in [6, 6.07) is 7.97. The molecule has 0 spiro atoms. The molecule has 1 aromatic carbocycles. The van der Waals surface area contributed by atoms with Crippen LogP contribution in [0.2, 0.25) is 5.02 Å². The van der Waals surface area contributed by atoms with Crippen molar-refractivity contribution in [2.45, 2.75) is 17.4 Å². The lowest BCUT2D eigenvalue weighted by Crippen LogP contribution is -2.25. The summed E-state index contributed by atoms with van der Waals surface area (Å²) in [6.07, 6.45) is 4.73. The van der Waals surface area contributed by atoms with Crippen LogP contribution in [-0.2, 0) is 13.5 Å². The minimum atomic E-state index is 0.134. The minimum absolute atomic E-state index is 0.134. The van der Waals surface area contributed by atoms with Gasteiger partial charge in [0.1, 0.15) is 0 Å². The monoisotopic (exact) mass is 281 g/mol. The topological polar surface area (TPSA) is 43.8 Å². The highest BCUT2D eigenvalue weighted by Gasteiger charge is 2.06. The molecule has 1 heterocycles. The summed E-state index contributed by atoms with van der Waals surface area (Å²) in [5.74, 6) is 0.885. The lowest BCUT2D eigenvalue weighted by atomic mass is 10.1. The molecule has 0 saturated heterocycles. The standard InChI is InChI=1S/C13H16ClN3S/c1-17-8-10(7-16-17)6-12(15)9-18-13-4-2-11(14)3-5-13/h2-5,7-8,12H,6,9,15H2,1H3. The SMILES string of the molecule is Cn1cc(CC(N)CSc2ccc(Cl)cc2)cn1. The lowest BCUT2D eigenvalue weighted by Gasteiger charge is -2.09. The molecule has 0 aliphatic carbocycles. The van der Waals surface area contributed by atoms with Crippen LogP contribution in [0.1, 0.15) is 5.56 Å². The van der Waals surface area contributed by atoms with Crippen LogP contribution in [0.15, 0.2) is 41.6 Å². The number of nitrogens with two attached hydrogens (primary N) is 1. The molecule has 1 atom stereocenters. The maximum Gasteiger partial charge on any atom is 0.0522 e. The number of aryl methyl sites for hydroxylation is 1. The second kappa shape index (κ2) is 6.27. The molecule has 2 N–H and O–H groups in total. The van der Waals surface area contributed by atoms with Crippen molar-refractivity contribution in [3.8, 4) is 0 Å². The molecule has 0 radical (unpaired) electrons. The van der Waals surface area contributed by atoms with Crippen molar-refractivity contribution >= 4 is 23.4 Å². The van der Waals surface area contributed by atoms with Crippen LogP contribution in [0.4, 0.5) is 0 Å². The van der Waals surface area contributed by atoms with Crippen LogP contribution in [-0.4, -0.2) is 21.6 Å². The van der Waals surface area contributed by atoms with Crippen LogP contribution in [0.5, 0.6) is 0 Å². The highest BCUT2D eigenvalue weighted by Crippen LogP contribution is 2.21. The third kappa shape index (κ3) is 4.05. The molecule has 0 aliphatic rings. The van der Waals surface area contributed by atoms with Crippen molar-refractivity contribution < 1.29 is 0 Å². The molecular weight excluding hydrogens is 266 g/mol. The first kappa shape index (κ1) is 13.5. The molecule has 2 aromatic rings. The third-order valence-corrected chi connectivity index (χ3v) is 3.99. The van der Waals surface area contributed by atoms with E-state index in [0.29, 0.717) is 0 Å². The molecule has 0 bridgehead atoms. The highest BCUT2D eigenvalue weighted by atomic mass is 35.5. The fraction of sp³-hybridized carbons (Fsp3) is 0.308. The van der Waals surface area contributed by atoms with Gasteiger partial charge in [-0.1, -0.05) is 11.6 Å². The zero-order valence-corrected chi connectivity index (χ0v) is 11.8. The number of hydrogen-bond donors (Lipinski definition) is 1. The third-order valence-electron chi connectivity index (χ3n) is 2.53. The second-order valence-corrected chi connectivity index (χ2v) is 5.78. The van der Waals surface area contributed by atoms with Crippen molar-refractivity contribution in [1.29, 1.82) is 0 Å². The molecule has 96 valence electrons. The highest BCUT2D eigenvalue weighted by molar-refractivity contribution is 7.99. The number of hydrogen-bond acceptors (Lipinski definition) is 3. The van der Waals surface area contributed by atoms with E-state index in [1.165, 1.54) is 10.5 Å². The number of nitrogens with zero attached hydrogens (tertiary/aromatic N) is 2. The van der Waals surface area contributed by atoms with Gasteiger partial charge in [-0.2, -0.15) is 5.10 Å². The average molecular weight is 282 g/mol. The van der Waals surface area contributed by atoms with E-state index in [9.17, 15) is 0 Å². The quantitative estimate of drug-likeness (QED) is 0.857. The smallest absolute Gasteiger partial charge is 0.0522 e. The Morgan fingerprint density at radius 2 is 2.11 bits per heavy atom. The van der Waals surface area contributed by atoms with Gasteiger partial charge in [0, 0.05) is 35.0 Å². The van der Waals surface area contributed by atoms with Crippen LogP contribution in [0.3, 0.4) is 0 Å². The van der Waals surface area contributed by atoms with Gasteiger partial charge in [0.15, 0.2) is 0 Å². The molecule has 0 fully saturated rings. The number of halogens is 1. The zero-order chi connectivity index (χ0) is 13.0. The van der Waals surface area contributed by atoms with Gasteiger partial charge in [-0.15, -0.1) is 11.8 Å². The summed E-state index contributed by atoms with van der Waals surface area (Å²) in [4.78, 5) is 1.20. The molecule has 0 amide bonds. The van der Waals surface area contributed by atoms with Crippen LogP contribution in [0, 0.1) is 0 Å². The molecule has 3 nitrogen and oxygen atoms in total. The Morgan fingerprint density at radius 3 is 2.72 bits per heavy atom. The van der Waals surface area contributed by atoms with Crippen molar-refractivity contribution in [2.24, 2.45) is 12.8 Å². The number of aromatic nitrogens is 2. The summed E-state index contributed by atoms with van der Waals surface area (Å²) >= 11 is 7.59. The van der Waals surface area contributed by atoms with Crippen LogP contribution < -0.4 is 5.73 Å². The number of thioether (sulfide) groups is 1. The van der Waals surface area contributed by atoms with E-state index < -0.39 is 0 Å². The second-order valence-electron chi connectivity index (χ2n) is 4.25. The first-order chi connectivity index (χ1) is 8.63. The maximum absolute atomic E-state index is 6.11. The van der Waals surface area contributed by atoms with E-state index in [1.54, 1.807) is 16.4 Å². The summed E-state index contributed by atoms with van der Waals surface area (Å²) in [5, 5.41) is 4.90. The van der Waals surface area contributed by atoms with Crippen LogP contribution in [0.25, 0.3) is 0 Å². The predicted octanol–water partition coefficient (Wildman–Crippen LogP) is 2.74. The molecule has 0 saturated carbocycles. The summed E-state index contributed by atoms with van der Waals surface area (Å²) < 4.78 is 1.80. The predicted molar refractivity (Wildman–Crippen MR) is 77.1 cm³/mol. The Hall–Kier alpha value is -0.970.